The molecule has 0 radical (unpaired) electrons. The molecule has 0 aliphatic rings. The Balaban J connectivity index is 1.93. The van der Waals surface area contributed by atoms with Crippen LogP contribution < -0.4 is 5.32 Å². The standard InChI is InChI=1S/C12H13FN4O/c1-2-17-8-11(15-16-17)12(18)14-7-9-3-5-10(13)6-4-9/h3-6,8H,2,7H2,1H3,(H,14,18). The van der Waals surface area contributed by atoms with Crippen LogP contribution in [0.15, 0.2) is 30.5 Å². The van der Waals surface area contributed by atoms with Crippen LogP contribution in [0.25, 0.3) is 0 Å². The van der Waals surface area contributed by atoms with E-state index >= 15 is 0 Å². The van der Waals surface area contributed by atoms with Crippen LogP contribution >= 0.6 is 0 Å². The molecule has 0 aliphatic heterocycles. The summed E-state index contributed by atoms with van der Waals surface area (Å²) in [6.07, 6.45) is 1.58. The average Bonchev–Trinajstić information content (AvgIpc) is 2.86. The third-order valence-corrected chi connectivity index (χ3v) is 2.46. The molecule has 18 heavy (non-hydrogen) atoms. The molecule has 0 bridgehead atoms. The van der Waals surface area contributed by atoms with Gasteiger partial charge in [-0.15, -0.1) is 5.10 Å². The van der Waals surface area contributed by atoms with Gasteiger partial charge in [-0.2, -0.15) is 0 Å². The van der Waals surface area contributed by atoms with E-state index < -0.39 is 0 Å². The van der Waals surface area contributed by atoms with Crippen molar-refractivity contribution in [2.75, 3.05) is 0 Å². The minimum absolute atomic E-state index is 0.277. The summed E-state index contributed by atoms with van der Waals surface area (Å²) < 4.78 is 14.3. The zero-order chi connectivity index (χ0) is 13.0. The number of carbonyl (C=O) groups excluding carboxylic acids is 1. The quantitative estimate of drug-likeness (QED) is 0.888. The summed E-state index contributed by atoms with van der Waals surface area (Å²) in [6.45, 7) is 2.91. The summed E-state index contributed by atoms with van der Waals surface area (Å²) in [7, 11) is 0. The van der Waals surface area contributed by atoms with Crippen molar-refractivity contribution in [2.24, 2.45) is 0 Å². The highest BCUT2D eigenvalue weighted by atomic mass is 19.1. The van der Waals surface area contributed by atoms with Crippen molar-refractivity contribution in [2.45, 2.75) is 20.0 Å². The highest BCUT2D eigenvalue weighted by Crippen LogP contribution is 2.02. The van der Waals surface area contributed by atoms with Crippen LogP contribution in [0.5, 0.6) is 0 Å². The van der Waals surface area contributed by atoms with E-state index in [1.807, 2.05) is 6.92 Å². The Morgan fingerprint density at radius 1 is 1.39 bits per heavy atom. The summed E-state index contributed by atoms with van der Waals surface area (Å²) in [5.41, 5.74) is 1.10. The van der Waals surface area contributed by atoms with Crippen LogP contribution in [0.4, 0.5) is 4.39 Å². The average molecular weight is 248 g/mol. The van der Waals surface area contributed by atoms with Crippen LogP contribution in [0.3, 0.4) is 0 Å². The Morgan fingerprint density at radius 3 is 2.72 bits per heavy atom. The van der Waals surface area contributed by atoms with Gasteiger partial charge in [0.1, 0.15) is 5.82 Å². The van der Waals surface area contributed by atoms with E-state index in [2.05, 4.69) is 15.6 Å². The first-order valence-electron chi connectivity index (χ1n) is 5.62. The topological polar surface area (TPSA) is 59.8 Å². The number of benzene rings is 1. The number of aryl methyl sites for hydroxylation is 1. The van der Waals surface area contributed by atoms with Crippen molar-refractivity contribution in [3.8, 4) is 0 Å². The summed E-state index contributed by atoms with van der Waals surface area (Å²) >= 11 is 0. The number of rotatable bonds is 4. The molecule has 1 aromatic heterocycles. The Morgan fingerprint density at radius 2 is 2.11 bits per heavy atom. The summed E-state index contributed by atoms with van der Waals surface area (Å²) in [5.74, 6) is -0.588. The zero-order valence-corrected chi connectivity index (χ0v) is 9.93. The molecule has 0 spiro atoms. The number of aromatic nitrogens is 3. The van der Waals surface area contributed by atoms with Gasteiger partial charge in [0.2, 0.25) is 0 Å². The first-order chi connectivity index (χ1) is 8.69. The van der Waals surface area contributed by atoms with Gasteiger partial charge < -0.3 is 5.32 Å². The van der Waals surface area contributed by atoms with E-state index in [9.17, 15) is 9.18 Å². The molecule has 0 aliphatic carbocycles. The molecule has 5 nitrogen and oxygen atoms in total. The fraction of sp³-hybridized carbons (Fsp3) is 0.250. The van der Waals surface area contributed by atoms with E-state index in [0.29, 0.717) is 13.1 Å². The minimum atomic E-state index is -0.295. The third kappa shape index (κ3) is 2.91. The van der Waals surface area contributed by atoms with E-state index in [4.69, 9.17) is 0 Å². The first-order valence-corrected chi connectivity index (χ1v) is 5.62. The lowest BCUT2D eigenvalue weighted by molar-refractivity contribution is 0.0946. The van der Waals surface area contributed by atoms with Crippen molar-refractivity contribution < 1.29 is 9.18 Å². The number of carbonyl (C=O) groups is 1. The number of hydrogen-bond donors (Lipinski definition) is 1. The largest absolute Gasteiger partial charge is 0.347 e. The predicted molar refractivity (Wildman–Crippen MR) is 63.3 cm³/mol. The Hall–Kier alpha value is -2.24. The lowest BCUT2D eigenvalue weighted by Crippen LogP contribution is -2.23. The molecule has 2 rings (SSSR count). The molecule has 1 amide bonds. The van der Waals surface area contributed by atoms with Gasteiger partial charge in [-0.05, 0) is 24.6 Å². The second-order valence-corrected chi connectivity index (χ2v) is 3.77. The molecule has 0 atom stereocenters. The molecule has 1 aromatic carbocycles. The van der Waals surface area contributed by atoms with Crippen molar-refractivity contribution in [1.29, 1.82) is 0 Å². The van der Waals surface area contributed by atoms with Gasteiger partial charge in [0.05, 0.1) is 6.20 Å². The van der Waals surface area contributed by atoms with E-state index in [1.165, 1.54) is 12.1 Å². The number of amides is 1. The predicted octanol–water partition coefficient (Wildman–Crippen LogP) is 1.37. The maximum atomic E-state index is 12.7. The fourth-order valence-electron chi connectivity index (χ4n) is 1.43. The molecule has 0 fully saturated rings. The van der Waals surface area contributed by atoms with E-state index in [-0.39, 0.29) is 17.4 Å². The Bertz CT molecular complexity index is 535. The molecule has 1 N–H and O–H groups in total. The van der Waals surface area contributed by atoms with Gasteiger partial charge in [0.25, 0.3) is 5.91 Å². The molecule has 1 heterocycles. The lowest BCUT2D eigenvalue weighted by Gasteiger charge is -2.02. The fourth-order valence-corrected chi connectivity index (χ4v) is 1.43. The maximum absolute atomic E-state index is 12.7. The SMILES string of the molecule is CCn1cc(C(=O)NCc2ccc(F)cc2)nn1. The molecule has 0 unspecified atom stereocenters. The van der Waals surface area contributed by atoms with Crippen molar-refractivity contribution in [3.63, 3.8) is 0 Å². The molecular weight excluding hydrogens is 235 g/mol. The molecular formula is C12H13FN4O. The van der Waals surface area contributed by atoms with Crippen molar-refractivity contribution in [3.05, 3.63) is 47.5 Å². The minimum Gasteiger partial charge on any atom is -0.347 e. The van der Waals surface area contributed by atoms with Gasteiger partial charge >= 0.3 is 0 Å². The second-order valence-electron chi connectivity index (χ2n) is 3.77. The monoisotopic (exact) mass is 248 g/mol. The van der Waals surface area contributed by atoms with Crippen LogP contribution in [0.1, 0.15) is 23.0 Å². The maximum Gasteiger partial charge on any atom is 0.273 e. The van der Waals surface area contributed by atoms with Crippen LogP contribution in [-0.2, 0) is 13.1 Å². The highest BCUT2D eigenvalue weighted by molar-refractivity contribution is 5.91. The number of halogens is 1. The summed E-state index contributed by atoms with van der Waals surface area (Å²) in [5, 5.41) is 10.2. The van der Waals surface area contributed by atoms with Crippen molar-refractivity contribution >= 4 is 5.91 Å². The van der Waals surface area contributed by atoms with Crippen LogP contribution in [0, 0.1) is 5.82 Å². The summed E-state index contributed by atoms with van der Waals surface area (Å²) in [6, 6.07) is 5.96. The molecule has 0 saturated carbocycles. The number of hydrogen-bond acceptors (Lipinski definition) is 3. The highest BCUT2D eigenvalue weighted by Gasteiger charge is 2.09. The van der Waals surface area contributed by atoms with Gasteiger partial charge in [-0.25, -0.2) is 4.39 Å². The number of nitrogens with one attached hydrogen (secondary N) is 1. The normalized spacial score (nSPS) is 10.3. The van der Waals surface area contributed by atoms with Crippen LogP contribution in [-0.4, -0.2) is 20.9 Å². The molecule has 2 aromatic rings. The lowest BCUT2D eigenvalue weighted by atomic mass is 10.2. The van der Waals surface area contributed by atoms with Crippen LogP contribution in [0.2, 0.25) is 0 Å². The number of nitrogens with zero attached hydrogens (tertiary/aromatic N) is 3. The molecule has 94 valence electrons. The van der Waals surface area contributed by atoms with E-state index in [0.717, 1.165) is 5.56 Å². The van der Waals surface area contributed by atoms with Crippen molar-refractivity contribution in [1.82, 2.24) is 20.3 Å². The van der Waals surface area contributed by atoms with E-state index in [1.54, 1.807) is 23.0 Å². The Labute approximate surface area is 104 Å². The van der Waals surface area contributed by atoms with Gasteiger partial charge in [0, 0.05) is 13.1 Å². The molecule has 6 heteroatoms. The smallest absolute Gasteiger partial charge is 0.273 e. The summed E-state index contributed by atoms with van der Waals surface area (Å²) in [4.78, 5) is 11.7. The van der Waals surface area contributed by atoms with Gasteiger partial charge in [-0.3, -0.25) is 9.48 Å². The molecule has 0 saturated heterocycles. The zero-order valence-electron chi connectivity index (χ0n) is 9.93. The second kappa shape index (κ2) is 5.39. The Kier molecular flexibility index (Phi) is 3.66. The first kappa shape index (κ1) is 12.2. The van der Waals surface area contributed by atoms with Gasteiger partial charge in [-0.1, -0.05) is 17.3 Å². The van der Waals surface area contributed by atoms with Gasteiger partial charge in [0.15, 0.2) is 5.69 Å². The third-order valence-electron chi connectivity index (χ3n) is 2.46.